The third kappa shape index (κ3) is 5.42. The summed E-state index contributed by atoms with van der Waals surface area (Å²) in [6.07, 6.45) is 3.87. The molecule has 0 aliphatic carbocycles. The first kappa shape index (κ1) is 19.7. The molecule has 7 nitrogen and oxygen atoms in total. The summed E-state index contributed by atoms with van der Waals surface area (Å²) in [7, 11) is 0. The van der Waals surface area contributed by atoms with Gasteiger partial charge in [-0.25, -0.2) is 4.79 Å². The second-order valence-electron chi connectivity index (χ2n) is 7.37. The molecule has 0 bridgehead atoms. The van der Waals surface area contributed by atoms with Gasteiger partial charge in [0.05, 0.1) is 6.04 Å². The number of imide groups is 1. The molecule has 2 heterocycles. The fourth-order valence-electron chi connectivity index (χ4n) is 3.77. The van der Waals surface area contributed by atoms with Crippen LogP contribution in [0.1, 0.15) is 46.5 Å². The van der Waals surface area contributed by atoms with Crippen molar-refractivity contribution in [3.8, 4) is 0 Å². The van der Waals surface area contributed by atoms with Gasteiger partial charge >= 0.3 is 6.03 Å². The molecule has 0 saturated carbocycles. The average Bonchev–Trinajstić information content (AvgIpc) is 2.60. The van der Waals surface area contributed by atoms with E-state index in [1.165, 1.54) is 6.42 Å². The van der Waals surface area contributed by atoms with Crippen LogP contribution in [-0.4, -0.2) is 66.4 Å². The number of hydrogen-bond donors (Lipinski definition) is 2. The van der Waals surface area contributed by atoms with Crippen LogP contribution in [0.15, 0.2) is 0 Å². The van der Waals surface area contributed by atoms with Crippen molar-refractivity contribution in [1.29, 1.82) is 0 Å². The van der Waals surface area contributed by atoms with Gasteiger partial charge in [0.25, 0.3) is 0 Å². The number of amides is 4. The van der Waals surface area contributed by atoms with Gasteiger partial charge in [-0.1, -0.05) is 6.92 Å². The number of nitrogens with zero attached hydrogens (tertiary/aromatic N) is 2. The van der Waals surface area contributed by atoms with E-state index in [1.54, 1.807) is 6.92 Å². The first-order valence-corrected chi connectivity index (χ1v) is 9.53. The number of hydrogen-bond acceptors (Lipinski definition) is 4. The third-order valence-electron chi connectivity index (χ3n) is 5.35. The Bertz CT molecular complexity index is 489. The fraction of sp³-hybridized carbons (Fsp3) is 0.833. The zero-order valence-corrected chi connectivity index (χ0v) is 15.7. The minimum Gasteiger partial charge on any atom is -0.342 e. The van der Waals surface area contributed by atoms with Crippen molar-refractivity contribution in [2.24, 2.45) is 11.8 Å². The molecule has 2 rings (SSSR count). The van der Waals surface area contributed by atoms with Crippen LogP contribution in [0.3, 0.4) is 0 Å². The molecule has 0 aromatic carbocycles. The van der Waals surface area contributed by atoms with Gasteiger partial charge in [-0.05, 0) is 58.5 Å². The summed E-state index contributed by atoms with van der Waals surface area (Å²) < 4.78 is 0. The monoisotopic (exact) mass is 352 g/mol. The fourth-order valence-corrected chi connectivity index (χ4v) is 3.77. The lowest BCUT2D eigenvalue weighted by molar-refractivity contribution is -0.139. The molecule has 25 heavy (non-hydrogen) atoms. The van der Waals surface area contributed by atoms with E-state index < -0.39 is 6.03 Å². The van der Waals surface area contributed by atoms with Gasteiger partial charge in [0.15, 0.2) is 0 Å². The number of likely N-dealkylation sites (tertiary alicyclic amines) is 2. The Morgan fingerprint density at radius 2 is 1.80 bits per heavy atom. The van der Waals surface area contributed by atoms with Crippen LogP contribution in [0.25, 0.3) is 0 Å². The minimum absolute atomic E-state index is 0.0696. The van der Waals surface area contributed by atoms with E-state index >= 15 is 0 Å². The lowest BCUT2D eigenvalue weighted by atomic mass is 9.92. The van der Waals surface area contributed by atoms with Crippen molar-refractivity contribution >= 4 is 17.8 Å². The van der Waals surface area contributed by atoms with Crippen molar-refractivity contribution < 1.29 is 14.4 Å². The molecule has 0 radical (unpaired) electrons. The summed E-state index contributed by atoms with van der Waals surface area (Å²) in [4.78, 5) is 40.4. The molecular formula is C18H32N4O3. The van der Waals surface area contributed by atoms with Crippen LogP contribution in [0.4, 0.5) is 4.79 Å². The maximum Gasteiger partial charge on any atom is 0.321 e. The minimum atomic E-state index is -0.455. The van der Waals surface area contributed by atoms with E-state index in [-0.39, 0.29) is 23.8 Å². The zero-order valence-electron chi connectivity index (χ0n) is 15.7. The smallest absolute Gasteiger partial charge is 0.321 e. The molecule has 142 valence electrons. The molecule has 2 fully saturated rings. The SMILES string of the molecule is CCNC(=O)NC(=O)[C@@H](C)N1CCC(C(=O)N2CCC[C@@H](C)C2)CC1. The van der Waals surface area contributed by atoms with E-state index in [0.29, 0.717) is 25.6 Å². The lowest BCUT2D eigenvalue weighted by Crippen LogP contribution is -2.53. The van der Waals surface area contributed by atoms with Gasteiger partial charge in [0.1, 0.15) is 0 Å². The van der Waals surface area contributed by atoms with Crippen LogP contribution < -0.4 is 10.6 Å². The van der Waals surface area contributed by atoms with E-state index in [1.807, 2.05) is 11.8 Å². The van der Waals surface area contributed by atoms with Gasteiger partial charge in [-0.15, -0.1) is 0 Å². The zero-order chi connectivity index (χ0) is 18.4. The summed E-state index contributed by atoms with van der Waals surface area (Å²) in [6, 6.07) is -0.822. The molecule has 2 N–H and O–H groups in total. The Hall–Kier alpha value is -1.63. The van der Waals surface area contributed by atoms with Crippen LogP contribution >= 0.6 is 0 Å². The summed E-state index contributed by atoms with van der Waals surface area (Å²) in [5, 5.41) is 4.92. The van der Waals surface area contributed by atoms with E-state index in [4.69, 9.17) is 0 Å². The number of rotatable bonds is 4. The van der Waals surface area contributed by atoms with E-state index in [9.17, 15) is 14.4 Å². The van der Waals surface area contributed by atoms with Crippen LogP contribution in [-0.2, 0) is 9.59 Å². The highest BCUT2D eigenvalue weighted by Crippen LogP contribution is 2.24. The Kier molecular flexibility index (Phi) is 7.23. The predicted molar refractivity (Wildman–Crippen MR) is 96.0 cm³/mol. The van der Waals surface area contributed by atoms with Gasteiger partial charge in [-0.3, -0.25) is 19.8 Å². The average molecular weight is 352 g/mol. The molecule has 0 aromatic heterocycles. The van der Waals surface area contributed by atoms with Crippen molar-refractivity contribution in [3.05, 3.63) is 0 Å². The lowest BCUT2D eigenvalue weighted by Gasteiger charge is -2.38. The van der Waals surface area contributed by atoms with E-state index in [0.717, 1.165) is 32.4 Å². The maximum absolute atomic E-state index is 12.7. The van der Waals surface area contributed by atoms with Crippen LogP contribution in [0, 0.1) is 11.8 Å². The van der Waals surface area contributed by atoms with Crippen molar-refractivity contribution in [1.82, 2.24) is 20.4 Å². The van der Waals surface area contributed by atoms with Crippen LogP contribution in [0.2, 0.25) is 0 Å². The summed E-state index contributed by atoms with van der Waals surface area (Å²) in [5.41, 5.74) is 0. The third-order valence-corrected chi connectivity index (χ3v) is 5.35. The second-order valence-corrected chi connectivity index (χ2v) is 7.37. The topological polar surface area (TPSA) is 81.8 Å². The molecule has 4 amide bonds. The predicted octanol–water partition coefficient (Wildman–Crippen LogP) is 1.19. The van der Waals surface area contributed by atoms with Crippen LogP contribution in [0.5, 0.6) is 0 Å². The Labute approximate surface area is 150 Å². The molecule has 2 saturated heterocycles. The number of urea groups is 1. The second kappa shape index (κ2) is 9.17. The van der Waals surface area contributed by atoms with Crippen molar-refractivity contribution in [3.63, 3.8) is 0 Å². The quantitative estimate of drug-likeness (QED) is 0.796. The molecule has 0 aromatic rings. The molecule has 2 aliphatic heterocycles. The number of nitrogens with one attached hydrogen (secondary N) is 2. The molecule has 0 unspecified atom stereocenters. The standard InChI is InChI=1S/C18H32N4O3/c1-4-19-18(25)20-16(23)14(3)21-10-7-15(8-11-21)17(24)22-9-5-6-13(2)12-22/h13-15H,4-12H2,1-3H3,(H2,19,20,23,25)/t13-,14-/m1/s1. The Balaban J connectivity index is 1.79. The molecule has 2 aliphatic rings. The Morgan fingerprint density at radius 1 is 1.12 bits per heavy atom. The van der Waals surface area contributed by atoms with E-state index in [2.05, 4.69) is 22.5 Å². The highest BCUT2D eigenvalue weighted by Gasteiger charge is 2.33. The first-order valence-electron chi connectivity index (χ1n) is 9.53. The highest BCUT2D eigenvalue weighted by atomic mass is 16.2. The summed E-state index contributed by atoms with van der Waals surface area (Å²) in [5.74, 6) is 0.655. The maximum atomic E-state index is 12.7. The molecule has 7 heteroatoms. The number of piperidine rings is 2. The Morgan fingerprint density at radius 3 is 2.40 bits per heavy atom. The molecule has 2 atom stereocenters. The van der Waals surface area contributed by atoms with Crippen molar-refractivity contribution in [2.75, 3.05) is 32.7 Å². The summed E-state index contributed by atoms with van der Waals surface area (Å²) in [6.45, 7) is 9.49. The summed E-state index contributed by atoms with van der Waals surface area (Å²) >= 11 is 0. The van der Waals surface area contributed by atoms with Gasteiger partial charge in [-0.2, -0.15) is 0 Å². The largest absolute Gasteiger partial charge is 0.342 e. The number of carbonyl (C=O) groups excluding carboxylic acids is 3. The normalized spacial score (nSPS) is 23.8. The van der Waals surface area contributed by atoms with Gasteiger partial charge < -0.3 is 10.2 Å². The van der Waals surface area contributed by atoms with Crippen molar-refractivity contribution in [2.45, 2.75) is 52.5 Å². The number of carbonyl (C=O) groups is 3. The first-order chi connectivity index (χ1) is 11.9. The molecular weight excluding hydrogens is 320 g/mol. The molecule has 0 spiro atoms. The van der Waals surface area contributed by atoms with Gasteiger partial charge in [0.2, 0.25) is 11.8 Å². The highest BCUT2D eigenvalue weighted by molar-refractivity contribution is 5.96. The van der Waals surface area contributed by atoms with Gasteiger partial charge in [0, 0.05) is 25.6 Å².